The summed E-state index contributed by atoms with van der Waals surface area (Å²) in [5.41, 5.74) is 1.06. The summed E-state index contributed by atoms with van der Waals surface area (Å²) in [5, 5.41) is 7.51. The zero-order valence-electron chi connectivity index (χ0n) is 12.2. The maximum atomic E-state index is 12.6. The Hall–Kier alpha value is -2.28. The van der Waals surface area contributed by atoms with Crippen LogP contribution in [0.2, 0.25) is 0 Å². The topological polar surface area (TPSA) is 57.6 Å². The minimum Gasteiger partial charge on any atom is -0.459 e. The molecule has 3 heterocycles. The second-order valence-electron chi connectivity index (χ2n) is 5.69. The van der Waals surface area contributed by atoms with Gasteiger partial charge < -0.3 is 4.74 Å². The number of carbonyl (C=O) groups excluding carboxylic acids is 1. The van der Waals surface area contributed by atoms with Crippen LogP contribution in [-0.2, 0) is 16.2 Å². The molecular formula is C15H18N4O3. The molecule has 0 radical (unpaired) electrons. The Balaban J connectivity index is 1.43. The Kier molecular flexibility index (Phi) is 3.34. The minimum absolute atomic E-state index is 0.0344. The molecular weight excluding hydrogens is 284 g/mol. The first-order chi connectivity index (χ1) is 10.8. The van der Waals surface area contributed by atoms with E-state index >= 15 is 0 Å². The highest BCUT2D eigenvalue weighted by Gasteiger charge is 2.47. The molecule has 2 fully saturated rings. The fourth-order valence-electron chi connectivity index (χ4n) is 3.21. The monoisotopic (exact) mass is 302 g/mol. The van der Waals surface area contributed by atoms with E-state index in [1.54, 1.807) is 0 Å². The molecule has 0 aliphatic carbocycles. The fraction of sp³-hybridized carbons (Fsp3) is 0.467. The lowest BCUT2D eigenvalue weighted by molar-refractivity contribution is -0.140. The van der Waals surface area contributed by atoms with Crippen molar-refractivity contribution < 1.29 is 14.4 Å². The summed E-state index contributed by atoms with van der Waals surface area (Å²) in [5.74, 6) is 0. The number of urea groups is 1. The van der Waals surface area contributed by atoms with Gasteiger partial charge in [-0.15, -0.1) is 5.10 Å². The average Bonchev–Trinajstić information content (AvgIpc) is 3.17. The van der Waals surface area contributed by atoms with Gasteiger partial charge in [-0.2, -0.15) is 5.06 Å². The summed E-state index contributed by atoms with van der Waals surface area (Å²) in [6, 6.07) is 9.93. The largest absolute Gasteiger partial charge is 0.459 e. The number of ether oxygens (including phenoxy) is 1. The first kappa shape index (κ1) is 13.4. The lowest BCUT2D eigenvalue weighted by Crippen LogP contribution is -2.48. The van der Waals surface area contributed by atoms with Gasteiger partial charge in [0.05, 0.1) is 6.04 Å². The number of amides is 2. The van der Waals surface area contributed by atoms with Crippen molar-refractivity contribution in [3.8, 4) is 0 Å². The van der Waals surface area contributed by atoms with Crippen LogP contribution in [0.1, 0.15) is 18.4 Å². The molecule has 0 N–H and O–H groups in total. The van der Waals surface area contributed by atoms with Gasteiger partial charge in [0.25, 0.3) is 0 Å². The number of hydroxylamine groups is 2. The number of benzene rings is 1. The molecule has 7 heteroatoms. The summed E-state index contributed by atoms with van der Waals surface area (Å²) in [7, 11) is 0. The number of rotatable bonds is 4. The van der Waals surface area contributed by atoms with Crippen LogP contribution < -0.4 is 0 Å². The molecule has 2 atom stereocenters. The van der Waals surface area contributed by atoms with Gasteiger partial charge in [0.2, 0.25) is 0 Å². The standard InChI is InChI=1S/C15H18N4O3/c20-15-17-8-13(6-7-14(17)18-11-21-10-16-18)19(15)22-9-12-4-2-1-3-5-12/h1-5,10,13-14H,6-9,11H2. The van der Waals surface area contributed by atoms with Gasteiger partial charge in [-0.05, 0) is 18.4 Å². The molecule has 0 aromatic heterocycles. The Morgan fingerprint density at radius 3 is 2.91 bits per heavy atom. The smallest absolute Gasteiger partial charge is 0.346 e. The fourth-order valence-corrected chi connectivity index (χ4v) is 3.21. The third-order valence-electron chi connectivity index (χ3n) is 4.33. The number of carbonyl (C=O) groups is 1. The Morgan fingerprint density at radius 2 is 2.14 bits per heavy atom. The SMILES string of the molecule is O=C1N2CC(CCC2N2COC=N2)N1OCc1ccccc1. The van der Waals surface area contributed by atoms with E-state index in [9.17, 15) is 4.79 Å². The Morgan fingerprint density at radius 1 is 1.27 bits per heavy atom. The van der Waals surface area contributed by atoms with E-state index < -0.39 is 0 Å². The van der Waals surface area contributed by atoms with E-state index in [4.69, 9.17) is 9.57 Å². The molecule has 3 aliphatic rings. The number of hydrogen-bond donors (Lipinski definition) is 0. The molecule has 1 aromatic carbocycles. The van der Waals surface area contributed by atoms with E-state index in [1.165, 1.54) is 11.5 Å². The molecule has 0 saturated carbocycles. The zero-order chi connectivity index (χ0) is 14.9. The number of fused-ring (bicyclic) bond motifs is 2. The van der Waals surface area contributed by atoms with Crippen molar-refractivity contribution in [2.45, 2.75) is 31.7 Å². The van der Waals surface area contributed by atoms with Gasteiger partial charge in [-0.25, -0.2) is 9.80 Å². The number of hydrogen-bond acceptors (Lipinski definition) is 5. The third-order valence-corrected chi connectivity index (χ3v) is 4.33. The Bertz CT molecular complexity index is 579. The molecule has 116 valence electrons. The van der Waals surface area contributed by atoms with Crippen molar-refractivity contribution in [1.82, 2.24) is 15.0 Å². The van der Waals surface area contributed by atoms with Crippen LogP contribution in [0.4, 0.5) is 4.79 Å². The second kappa shape index (κ2) is 5.49. The van der Waals surface area contributed by atoms with Gasteiger partial charge in [0, 0.05) is 6.54 Å². The highest BCUT2D eigenvalue weighted by atomic mass is 16.7. The van der Waals surface area contributed by atoms with Crippen LogP contribution in [0.5, 0.6) is 0 Å². The number of nitrogens with zero attached hydrogens (tertiary/aromatic N) is 4. The predicted octanol–water partition coefficient (Wildman–Crippen LogP) is 1.58. The van der Waals surface area contributed by atoms with Gasteiger partial charge in [0.15, 0.2) is 13.1 Å². The minimum atomic E-state index is -0.0782. The molecule has 2 saturated heterocycles. The van der Waals surface area contributed by atoms with Crippen LogP contribution in [0, 0.1) is 0 Å². The van der Waals surface area contributed by atoms with Crippen molar-refractivity contribution >= 4 is 12.4 Å². The Labute approximate surface area is 128 Å². The van der Waals surface area contributed by atoms with Crippen LogP contribution >= 0.6 is 0 Å². The first-order valence-electron chi connectivity index (χ1n) is 7.50. The molecule has 2 unspecified atom stereocenters. The van der Waals surface area contributed by atoms with Gasteiger partial charge in [-0.1, -0.05) is 30.3 Å². The molecule has 2 amide bonds. The van der Waals surface area contributed by atoms with E-state index in [1.807, 2.05) is 40.2 Å². The highest BCUT2D eigenvalue weighted by molar-refractivity contribution is 5.76. The molecule has 7 nitrogen and oxygen atoms in total. The quantitative estimate of drug-likeness (QED) is 0.847. The molecule has 4 rings (SSSR count). The van der Waals surface area contributed by atoms with Gasteiger partial charge >= 0.3 is 6.03 Å². The normalized spacial score (nSPS) is 26.7. The summed E-state index contributed by atoms with van der Waals surface area (Å²) >= 11 is 0. The first-order valence-corrected chi connectivity index (χ1v) is 7.50. The van der Waals surface area contributed by atoms with Crippen LogP contribution in [-0.4, -0.2) is 52.9 Å². The van der Waals surface area contributed by atoms with Crippen LogP contribution in [0.15, 0.2) is 35.4 Å². The molecule has 0 spiro atoms. The van der Waals surface area contributed by atoms with Crippen LogP contribution in [0.25, 0.3) is 0 Å². The van der Waals surface area contributed by atoms with E-state index in [0.29, 0.717) is 19.9 Å². The molecule has 3 aliphatic heterocycles. The molecule has 1 aromatic rings. The highest BCUT2D eigenvalue weighted by Crippen LogP contribution is 2.32. The maximum absolute atomic E-state index is 12.6. The van der Waals surface area contributed by atoms with Crippen molar-refractivity contribution in [3.05, 3.63) is 35.9 Å². The van der Waals surface area contributed by atoms with Gasteiger partial charge in [0.1, 0.15) is 12.8 Å². The number of piperidine rings is 1. The summed E-state index contributed by atoms with van der Waals surface area (Å²) in [6.07, 6.45) is 3.18. The summed E-state index contributed by atoms with van der Waals surface area (Å²) in [4.78, 5) is 20.2. The van der Waals surface area contributed by atoms with Crippen molar-refractivity contribution in [1.29, 1.82) is 0 Å². The van der Waals surface area contributed by atoms with E-state index in [0.717, 1.165) is 18.4 Å². The maximum Gasteiger partial charge on any atom is 0.346 e. The lowest BCUT2D eigenvalue weighted by Gasteiger charge is -2.34. The summed E-state index contributed by atoms with van der Waals surface area (Å²) < 4.78 is 5.14. The summed E-state index contributed by atoms with van der Waals surface area (Å²) in [6.45, 7) is 1.50. The number of hydrazone groups is 1. The predicted molar refractivity (Wildman–Crippen MR) is 78.3 cm³/mol. The third kappa shape index (κ3) is 2.27. The van der Waals surface area contributed by atoms with Crippen molar-refractivity contribution in [2.24, 2.45) is 5.10 Å². The average molecular weight is 302 g/mol. The van der Waals surface area contributed by atoms with Crippen LogP contribution in [0.3, 0.4) is 0 Å². The zero-order valence-corrected chi connectivity index (χ0v) is 12.2. The van der Waals surface area contributed by atoms with Crippen molar-refractivity contribution in [2.75, 3.05) is 13.3 Å². The molecule has 2 bridgehead atoms. The van der Waals surface area contributed by atoms with Gasteiger partial charge in [-0.3, -0.25) is 9.74 Å². The lowest BCUT2D eigenvalue weighted by atomic mass is 10.1. The molecule has 22 heavy (non-hydrogen) atoms. The second-order valence-corrected chi connectivity index (χ2v) is 5.69. The van der Waals surface area contributed by atoms with E-state index in [2.05, 4.69) is 5.10 Å². The van der Waals surface area contributed by atoms with Crippen molar-refractivity contribution in [3.63, 3.8) is 0 Å². The van der Waals surface area contributed by atoms with E-state index in [-0.39, 0.29) is 18.2 Å².